The minimum absolute atomic E-state index is 0.0924. The molecule has 3 aromatic rings. The Morgan fingerprint density at radius 1 is 0.935 bits per heavy atom. The molecule has 6 nitrogen and oxygen atoms in total. The van der Waals surface area contributed by atoms with Crippen molar-refractivity contribution in [3.05, 3.63) is 84.1 Å². The number of rotatable bonds is 10. The van der Waals surface area contributed by atoms with E-state index in [0.717, 1.165) is 16.9 Å². The average Bonchev–Trinajstić information content (AvgIpc) is 3.26. The number of ether oxygens (including phenoxy) is 1. The van der Waals surface area contributed by atoms with Crippen LogP contribution in [-0.4, -0.2) is 30.3 Å². The second kappa shape index (κ2) is 10.9. The summed E-state index contributed by atoms with van der Waals surface area (Å²) in [6, 6.07) is 22.1. The van der Waals surface area contributed by atoms with Crippen LogP contribution in [0.4, 0.5) is 0 Å². The Hall–Kier alpha value is -3.67. The third-order valence-electron chi connectivity index (χ3n) is 4.77. The SMILES string of the molecule is CC(=O)[C@@H](Cc1ccccc1)NC(=O)COC(=O)CCc1ccc(-c2ccccc2)o1. The number of carbonyl (C=O) groups excluding carboxylic acids is 3. The molecule has 0 radical (unpaired) electrons. The summed E-state index contributed by atoms with van der Waals surface area (Å²) in [5.41, 5.74) is 1.90. The van der Waals surface area contributed by atoms with E-state index < -0.39 is 24.5 Å². The minimum Gasteiger partial charge on any atom is -0.461 e. The third-order valence-corrected chi connectivity index (χ3v) is 4.77. The molecule has 0 saturated carbocycles. The van der Waals surface area contributed by atoms with Gasteiger partial charge in [0, 0.05) is 12.0 Å². The fraction of sp³-hybridized carbons (Fsp3) is 0.240. The summed E-state index contributed by atoms with van der Waals surface area (Å²) in [6.45, 7) is 0.998. The molecule has 1 amide bonds. The fourth-order valence-corrected chi connectivity index (χ4v) is 3.10. The van der Waals surface area contributed by atoms with Gasteiger partial charge in [-0.15, -0.1) is 0 Å². The van der Waals surface area contributed by atoms with E-state index in [-0.39, 0.29) is 12.2 Å². The number of hydrogen-bond acceptors (Lipinski definition) is 5. The normalized spacial score (nSPS) is 11.5. The molecule has 0 unspecified atom stereocenters. The molecule has 0 saturated heterocycles. The molecule has 0 aliphatic carbocycles. The van der Waals surface area contributed by atoms with Gasteiger partial charge in [-0.05, 0) is 31.0 Å². The predicted octanol–water partition coefficient (Wildman–Crippen LogP) is 3.74. The highest BCUT2D eigenvalue weighted by Gasteiger charge is 2.18. The number of nitrogens with one attached hydrogen (secondary N) is 1. The predicted molar refractivity (Wildman–Crippen MR) is 116 cm³/mol. The van der Waals surface area contributed by atoms with Gasteiger partial charge in [0.25, 0.3) is 5.91 Å². The first-order valence-electron chi connectivity index (χ1n) is 10.1. The van der Waals surface area contributed by atoms with Crippen LogP contribution in [0.25, 0.3) is 11.3 Å². The molecule has 0 aliphatic heterocycles. The number of hydrogen-bond donors (Lipinski definition) is 1. The van der Waals surface area contributed by atoms with Crippen molar-refractivity contribution in [2.45, 2.75) is 32.2 Å². The Balaban J connectivity index is 1.42. The molecule has 1 aromatic heterocycles. The van der Waals surface area contributed by atoms with Gasteiger partial charge in [0.1, 0.15) is 11.5 Å². The van der Waals surface area contributed by atoms with Crippen molar-refractivity contribution >= 4 is 17.7 Å². The highest BCUT2D eigenvalue weighted by molar-refractivity contribution is 5.88. The van der Waals surface area contributed by atoms with Crippen LogP contribution in [0.1, 0.15) is 24.7 Å². The van der Waals surface area contributed by atoms with Gasteiger partial charge in [-0.2, -0.15) is 0 Å². The van der Waals surface area contributed by atoms with E-state index in [1.807, 2.05) is 72.8 Å². The molecule has 31 heavy (non-hydrogen) atoms. The molecule has 0 aliphatic rings. The zero-order chi connectivity index (χ0) is 22.1. The van der Waals surface area contributed by atoms with Crippen molar-refractivity contribution < 1.29 is 23.5 Å². The Labute approximate surface area is 181 Å². The van der Waals surface area contributed by atoms with Crippen LogP contribution in [0.15, 0.2) is 77.2 Å². The molecule has 3 rings (SSSR count). The van der Waals surface area contributed by atoms with Gasteiger partial charge in [0.05, 0.1) is 12.5 Å². The fourth-order valence-electron chi connectivity index (χ4n) is 3.10. The monoisotopic (exact) mass is 419 g/mol. The van der Waals surface area contributed by atoms with Crippen LogP contribution in [-0.2, 0) is 32.0 Å². The Morgan fingerprint density at radius 2 is 1.61 bits per heavy atom. The first kappa shape index (κ1) is 22.0. The summed E-state index contributed by atoms with van der Waals surface area (Å²) in [5.74, 6) is 0.233. The van der Waals surface area contributed by atoms with Gasteiger partial charge in [-0.1, -0.05) is 60.7 Å². The van der Waals surface area contributed by atoms with E-state index >= 15 is 0 Å². The van der Waals surface area contributed by atoms with Gasteiger partial charge < -0.3 is 14.5 Å². The molecule has 0 spiro atoms. The van der Waals surface area contributed by atoms with E-state index in [1.165, 1.54) is 6.92 Å². The Kier molecular flexibility index (Phi) is 7.76. The molecular formula is C25H25NO5. The van der Waals surface area contributed by atoms with E-state index in [2.05, 4.69) is 5.32 Å². The average molecular weight is 419 g/mol. The van der Waals surface area contributed by atoms with Gasteiger partial charge in [-0.25, -0.2) is 0 Å². The van der Waals surface area contributed by atoms with Crippen LogP contribution >= 0.6 is 0 Å². The molecular weight excluding hydrogens is 394 g/mol. The molecule has 1 heterocycles. The smallest absolute Gasteiger partial charge is 0.306 e. The molecule has 6 heteroatoms. The van der Waals surface area contributed by atoms with Crippen molar-refractivity contribution in [2.75, 3.05) is 6.61 Å². The second-order valence-electron chi connectivity index (χ2n) is 7.21. The van der Waals surface area contributed by atoms with Crippen LogP contribution in [0, 0.1) is 0 Å². The minimum atomic E-state index is -0.659. The van der Waals surface area contributed by atoms with Crippen molar-refractivity contribution in [3.8, 4) is 11.3 Å². The number of Topliss-reactive ketones (excluding diaryl/α,β-unsaturated/α-hetero) is 1. The topological polar surface area (TPSA) is 85.6 Å². The van der Waals surface area contributed by atoms with E-state index in [0.29, 0.717) is 18.6 Å². The second-order valence-corrected chi connectivity index (χ2v) is 7.21. The van der Waals surface area contributed by atoms with Gasteiger partial charge in [0.15, 0.2) is 12.4 Å². The van der Waals surface area contributed by atoms with E-state index in [9.17, 15) is 14.4 Å². The van der Waals surface area contributed by atoms with Crippen LogP contribution in [0.2, 0.25) is 0 Å². The lowest BCUT2D eigenvalue weighted by atomic mass is 10.0. The summed E-state index contributed by atoms with van der Waals surface area (Å²) >= 11 is 0. The molecule has 160 valence electrons. The molecule has 0 bridgehead atoms. The maximum Gasteiger partial charge on any atom is 0.306 e. The first-order valence-corrected chi connectivity index (χ1v) is 10.1. The molecule has 2 aromatic carbocycles. The third kappa shape index (κ3) is 6.96. The standard InChI is InChI=1S/C25H25NO5/c1-18(27)22(16-19-8-4-2-5-9-19)26-24(28)17-30-25(29)15-13-21-12-14-23(31-21)20-10-6-3-7-11-20/h2-12,14,22H,13,15-17H2,1H3,(H,26,28)/t22-/m1/s1. The number of ketones is 1. The van der Waals surface area contributed by atoms with Crippen molar-refractivity contribution in [1.82, 2.24) is 5.32 Å². The summed E-state index contributed by atoms with van der Waals surface area (Å²) < 4.78 is 10.8. The van der Waals surface area contributed by atoms with Crippen LogP contribution < -0.4 is 5.32 Å². The van der Waals surface area contributed by atoms with E-state index in [4.69, 9.17) is 9.15 Å². The van der Waals surface area contributed by atoms with Crippen LogP contribution in [0.3, 0.4) is 0 Å². The van der Waals surface area contributed by atoms with Gasteiger partial charge in [0.2, 0.25) is 0 Å². The van der Waals surface area contributed by atoms with Crippen molar-refractivity contribution in [3.63, 3.8) is 0 Å². The molecule has 1 N–H and O–H groups in total. The van der Waals surface area contributed by atoms with Crippen molar-refractivity contribution in [2.24, 2.45) is 0 Å². The highest BCUT2D eigenvalue weighted by Crippen LogP contribution is 2.22. The quantitative estimate of drug-likeness (QED) is 0.506. The summed E-state index contributed by atoms with van der Waals surface area (Å²) in [5, 5.41) is 2.63. The van der Waals surface area contributed by atoms with Gasteiger partial charge >= 0.3 is 5.97 Å². The molecule has 0 fully saturated rings. The first-order chi connectivity index (χ1) is 15.0. The summed E-state index contributed by atoms with van der Waals surface area (Å²) in [6.07, 6.45) is 0.852. The van der Waals surface area contributed by atoms with Crippen LogP contribution in [0.5, 0.6) is 0 Å². The Bertz CT molecular complexity index is 1010. The number of benzene rings is 2. The zero-order valence-electron chi connectivity index (χ0n) is 17.4. The number of furan rings is 1. The lowest BCUT2D eigenvalue weighted by molar-refractivity contribution is -0.148. The number of amides is 1. The number of esters is 1. The lowest BCUT2D eigenvalue weighted by Crippen LogP contribution is -2.43. The zero-order valence-corrected chi connectivity index (χ0v) is 17.4. The summed E-state index contributed by atoms with van der Waals surface area (Å²) in [7, 11) is 0. The van der Waals surface area contributed by atoms with Crippen molar-refractivity contribution in [1.29, 1.82) is 0 Å². The largest absolute Gasteiger partial charge is 0.461 e. The number of aryl methyl sites for hydroxylation is 1. The summed E-state index contributed by atoms with van der Waals surface area (Å²) in [4.78, 5) is 36.0. The maximum atomic E-state index is 12.1. The Morgan fingerprint density at radius 3 is 2.29 bits per heavy atom. The molecule has 1 atom stereocenters. The van der Waals surface area contributed by atoms with Gasteiger partial charge in [-0.3, -0.25) is 14.4 Å². The highest BCUT2D eigenvalue weighted by atomic mass is 16.5. The maximum absolute atomic E-state index is 12.1. The number of carbonyl (C=O) groups is 3. The van der Waals surface area contributed by atoms with E-state index in [1.54, 1.807) is 0 Å². The lowest BCUT2D eigenvalue weighted by Gasteiger charge is -2.16.